The molecule has 4 nitrogen and oxygen atoms in total. The van der Waals surface area contributed by atoms with Gasteiger partial charge in [-0.05, 0) is 11.6 Å². The fraction of sp³-hybridized carbons (Fsp3) is 0.333. The normalized spacial score (nSPS) is 10.8. The van der Waals surface area contributed by atoms with Gasteiger partial charge < -0.3 is 10.8 Å². The smallest absolute Gasteiger partial charge is 0.307 e. The molecule has 3 N–H and O–H groups in total. The van der Waals surface area contributed by atoms with Crippen LogP contribution in [-0.4, -0.2) is 16.1 Å². The molecule has 0 fully saturated rings. The lowest BCUT2D eigenvalue weighted by atomic mass is 10.1. The second-order valence-corrected chi connectivity index (χ2v) is 3.34. The van der Waals surface area contributed by atoms with Crippen molar-refractivity contribution >= 4 is 23.4 Å². The average molecular weight is 251 g/mol. The molecule has 0 atom stereocenters. The number of alkyl halides is 3. The number of halogens is 3. The van der Waals surface area contributed by atoms with Crippen LogP contribution in [0.4, 0.5) is 14.6 Å². The first-order valence-electron chi connectivity index (χ1n) is 4.29. The van der Waals surface area contributed by atoms with E-state index in [4.69, 9.17) is 22.4 Å². The van der Waals surface area contributed by atoms with Crippen LogP contribution in [0.15, 0.2) is 6.07 Å². The highest BCUT2D eigenvalue weighted by Crippen LogP contribution is 2.26. The molecule has 0 radical (unpaired) electrons. The van der Waals surface area contributed by atoms with Crippen molar-refractivity contribution in [2.24, 2.45) is 0 Å². The second kappa shape index (κ2) is 5.07. The van der Waals surface area contributed by atoms with Crippen LogP contribution < -0.4 is 5.73 Å². The van der Waals surface area contributed by atoms with Crippen molar-refractivity contribution in [1.82, 2.24) is 4.98 Å². The van der Waals surface area contributed by atoms with Crippen LogP contribution in [0.2, 0.25) is 0 Å². The van der Waals surface area contributed by atoms with Crippen LogP contribution in [0.5, 0.6) is 0 Å². The number of carboxylic acid groups (broad SMARTS) is 1. The second-order valence-electron chi connectivity index (χ2n) is 3.07. The van der Waals surface area contributed by atoms with Crippen molar-refractivity contribution in [3.05, 3.63) is 22.9 Å². The molecule has 0 saturated carbocycles. The third-order valence-electron chi connectivity index (χ3n) is 1.95. The summed E-state index contributed by atoms with van der Waals surface area (Å²) < 4.78 is 25.0. The van der Waals surface area contributed by atoms with E-state index in [2.05, 4.69) is 4.98 Å². The molecule has 1 heterocycles. The molecule has 0 amide bonds. The number of hydrogen-bond acceptors (Lipinski definition) is 3. The van der Waals surface area contributed by atoms with E-state index in [0.29, 0.717) is 0 Å². The van der Waals surface area contributed by atoms with Crippen molar-refractivity contribution in [1.29, 1.82) is 0 Å². The zero-order valence-electron chi connectivity index (χ0n) is 8.08. The topological polar surface area (TPSA) is 76.2 Å². The van der Waals surface area contributed by atoms with E-state index in [1.165, 1.54) is 0 Å². The quantitative estimate of drug-likeness (QED) is 0.801. The number of rotatable bonds is 4. The molecule has 0 unspecified atom stereocenters. The van der Waals surface area contributed by atoms with E-state index in [0.717, 1.165) is 6.07 Å². The standard InChI is InChI=1S/C9H9ClF2N2O2/c10-3-6-4(2-7(15)16)1-5(8(11)12)9(13)14-6/h1,8H,2-3H2,(H2,13,14)(H,15,16). The Labute approximate surface area is 95.0 Å². The van der Waals surface area contributed by atoms with Gasteiger partial charge in [0.15, 0.2) is 0 Å². The maximum absolute atomic E-state index is 12.5. The zero-order valence-corrected chi connectivity index (χ0v) is 8.84. The Kier molecular flexibility index (Phi) is 4.00. The molecule has 1 aromatic heterocycles. The number of aromatic nitrogens is 1. The van der Waals surface area contributed by atoms with Crippen molar-refractivity contribution in [3.8, 4) is 0 Å². The summed E-state index contributed by atoms with van der Waals surface area (Å²) in [5, 5.41) is 8.60. The molecule has 0 saturated heterocycles. The number of aliphatic carboxylic acids is 1. The van der Waals surface area contributed by atoms with Gasteiger partial charge >= 0.3 is 5.97 Å². The number of pyridine rings is 1. The predicted molar refractivity (Wildman–Crippen MR) is 54.5 cm³/mol. The Morgan fingerprint density at radius 3 is 2.69 bits per heavy atom. The van der Waals surface area contributed by atoms with Gasteiger partial charge in [0.25, 0.3) is 6.43 Å². The number of hydrogen-bond donors (Lipinski definition) is 2. The minimum absolute atomic E-state index is 0.0731. The highest BCUT2D eigenvalue weighted by molar-refractivity contribution is 6.17. The van der Waals surface area contributed by atoms with E-state index in [-0.39, 0.29) is 23.0 Å². The van der Waals surface area contributed by atoms with Crippen LogP contribution in [0.3, 0.4) is 0 Å². The Bertz CT molecular complexity index is 413. The maximum Gasteiger partial charge on any atom is 0.307 e. The number of nitrogens with zero attached hydrogens (tertiary/aromatic N) is 1. The third kappa shape index (κ3) is 2.79. The van der Waals surface area contributed by atoms with Crippen LogP contribution >= 0.6 is 11.6 Å². The van der Waals surface area contributed by atoms with E-state index in [1.54, 1.807) is 0 Å². The molecule has 0 aliphatic heterocycles. The first-order chi connectivity index (χ1) is 7.45. The number of carbonyl (C=O) groups is 1. The van der Waals surface area contributed by atoms with Gasteiger partial charge in [-0.15, -0.1) is 11.6 Å². The van der Waals surface area contributed by atoms with Crippen molar-refractivity contribution in [3.63, 3.8) is 0 Å². The summed E-state index contributed by atoms with van der Waals surface area (Å²) in [4.78, 5) is 14.2. The number of anilines is 1. The summed E-state index contributed by atoms with van der Waals surface area (Å²) in [5.41, 5.74) is 5.21. The van der Waals surface area contributed by atoms with Gasteiger partial charge in [0.1, 0.15) is 5.82 Å². The van der Waals surface area contributed by atoms with Gasteiger partial charge in [-0.3, -0.25) is 4.79 Å². The highest BCUT2D eigenvalue weighted by atomic mass is 35.5. The number of nitrogens with two attached hydrogens (primary N) is 1. The molecule has 0 aromatic carbocycles. The maximum atomic E-state index is 12.5. The molecule has 0 aliphatic rings. The molecule has 1 aromatic rings. The fourth-order valence-electron chi connectivity index (χ4n) is 1.23. The summed E-state index contributed by atoms with van der Waals surface area (Å²) >= 11 is 5.52. The Morgan fingerprint density at radius 2 is 2.25 bits per heavy atom. The number of nitrogen functional groups attached to an aromatic ring is 1. The van der Waals surface area contributed by atoms with Crippen molar-refractivity contribution < 1.29 is 18.7 Å². The lowest BCUT2D eigenvalue weighted by Crippen LogP contribution is -2.09. The Morgan fingerprint density at radius 1 is 1.62 bits per heavy atom. The summed E-state index contributed by atoms with van der Waals surface area (Å²) in [7, 11) is 0. The minimum atomic E-state index is -2.79. The van der Waals surface area contributed by atoms with Gasteiger partial charge in [-0.25, -0.2) is 13.8 Å². The predicted octanol–water partition coefficient (Wildman–Crippen LogP) is 1.97. The van der Waals surface area contributed by atoms with Crippen LogP contribution in [-0.2, 0) is 17.1 Å². The lowest BCUT2D eigenvalue weighted by Gasteiger charge is -2.10. The van der Waals surface area contributed by atoms with Gasteiger partial charge in [0.05, 0.1) is 23.6 Å². The van der Waals surface area contributed by atoms with Crippen LogP contribution in [0, 0.1) is 0 Å². The molecule has 0 aliphatic carbocycles. The van der Waals surface area contributed by atoms with Crippen LogP contribution in [0.25, 0.3) is 0 Å². The van der Waals surface area contributed by atoms with Crippen molar-refractivity contribution in [2.45, 2.75) is 18.7 Å². The monoisotopic (exact) mass is 250 g/mol. The molecule has 0 bridgehead atoms. The molecule has 16 heavy (non-hydrogen) atoms. The zero-order chi connectivity index (χ0) is 12.3. The summed E-state index contributed by atoms with van der Waals surface area (Å²) in [6, 6.07) is 1.04. The molecule has 7 heteroatoms. The molecular formula is C9H9ClF2N2O2. The first kappa shape index (κ1) is 12.6. The highest BCUT2D eigenvalue weighted by Gasteiger charge is 2.17. The minimum Gasteiger partial charge on any atom is -0.481 e. The summed E-state index contributed by atoms with van der Waals surface area (Å²) in [6.07, 6.45) is -3.20. The Balaban J connectivity index is 3.22. The first-order valence-corrected chi connectivity index (χ1v) is 4.83. The van der Waals surface area contributed by atoms with Crippen molar-refractivity contribution in [2.75, 3.05) is 5.73 Å². The summed E-state index contributed by atoms with van der Waals surface area (Å²) in [6.45, 7) is 0. The molecule has 88 valence electrons. The van der Waals surface area contributed by atoms with E-state index < -0.39 is 24.4 Å². The van der Waals surface area contributed by atoms with Gasteiger partial charge in [0.2, 0.25) is 0 Å². The van der Waals surface area contributed by atoms with E-state index in [9.17, 15) is 13.6 Å². The molecule has 1 rings (SSSR count). The van der Waals surface area contributed by atoms with E-state index in [1.807, 2.05) is 0 Å². The van der Waals surface area contributed by atoms with Gasteiger partial charge in [-0.1, -0.05) is 0 Å². The largest absolute Gasteiger partial charge is 0.481 e. The SMILES string of the molecule is Nc1nc(CCl)c(CC(=O)O)cc1C(F)F. The van der Waals surface area contributed by atoms with Crippen LogP contribution in [0.1, 0.15) is 23.2 Å². The number of carboxylic acids is 1. The Hall–Kier alpha value is -1.43. The summed E-state index contributed by atoms with van der Waals surface area (Å²) in [5.74, 6) is -1.53. The van der Waals surface area contributed by atoms with Gasteiger partial charge in [-0.2, -0.15) is 0 Å². The molecule has 0 spiro atoms. The van der Waals surface area contributed by atoms with Gasteiger partial charge in [0, 0.05) is 0 Å². The average Bonchev–Trinajstić information content (AvgIpc) is 2.18. The third-order valence-corrected chi connectivity index (χ3v) is 2.21. The van der Waals surface area contributed by atoms with E-state index >= 15 is 0 Å². The lowest BCUT2D eigenvalue weighted by molar-refractivity contribution is -0.136. The fourth-order valence-corrected chi connectivity index (χ4v) is 1.46. The molecular weight excluding hydrogens is 242 g/mol.